The summed E-state index contributed by atoms with van der Waals surface area (Å²) in [4.78, 5) is 2.65. The van der Waals surface area contributed by atoms with E-state index < -0.39 is 0 Å². The van der Waals surface area contributed by atoms with Crippen LogP contribution >= 0.6 is 0 Å². The van der Waals surface area contributed by atoms with Gasteiger partial charge in [0.1, 0.15) is 0 Å². The van der Waals surface area contributed by atoms with E-state index in [2.05, 4.69) is 73.5 Å². The Bertz CT molecular complexity index is 655. The van der Waals surface area contributed by atoms with Gasteiger partial charge in [0.05, 0.1) is 6.04 Å². The average molecular weight is 308 g/mol. The first kappa shape index (κ1) is 16.2. The van der Waals surface area contributed by atoms with E-state index in [0.717, 1.165) is 26.2 Å². The van der Waals surface area contributed by atoms with Crippen LogP contribution in [0.3, 0.4) is 0 Å². The summed E-state index contributed by atoms with van der Waals surface area (Å²) in [6, 6.07) is 16.2. The van der Waals surface area contributed by atoms with E-state index in [1.807, 2.05) is 0 Å². The van der Waals surface area contributed by atoms with E-state index in [9.17, 15) is 0 Å². The molecule has 0 amide bonds. The second-order valence-electron chi connectivity index (χ2n) is 6.82. The van der Waals surface area contributed by atoms with Crippen LogP contribution in [-0.2, 0) is 0 Å². The Labute approximate surface area is 140 Å². The zero-order valence-corrected chi connectivity index (χ0v) is 14.6. The Morgan fingerprint density at radius 1 is 0.913 bits per heavy atom. The second kappa shape index (κ2) is 7.29. The largest absolute Gasteiger partial charge is 0.315 e. The van der Waals surface area contributed by atoms with Gasteiger partial charge in [0, 0.05) is 19.6 Å². The Morgan fingerprint density at radius 3 is 2.57 bits per heavy atom. The van der Waals surface area contributed by atoms with E-state index in [1.54, 1.807) is 0 Å². The summed E-state index contributed by atoms with van der Waals surface area (Å²) in [5.74, 6) is 0. The Kier molecular flexibility index (Phi) is 5.14. The molecule has 1 fully saturated rings. The first-order valence-corrected chi connectivity index (χ1v) is 8.73. The van der Waals surface area contributed by atoms with Gasteiger partial charge in [0.2, 0.25) is 0 Å². The fraction of sp³-hybridized carbons (Fsp3) is 0.429. The van der Waals surface area contributed by atoms with Gasteiger partial charge >= 0.3 is 0 Å². The lowest BCUT2D eigenvalue weighted by molar-refractivity contribution is 0.240. The Hall–Kier alpha value is -1.64. The van der Waals surface area contributed by atoms with Crippen molar-refractivity contribution >= 4 is 0 Å². The molecule has 1 saturated heterocycles. The highest BCUT2D eigenvalue weighted by molar-refractivity contribution is 5.40. The molecule has 2 nitrogen and oxygen atoms in total. The molecule has 0 aliphatic carbocycles. The predicted octanol–water partition coefficient (Wildman–Crippen LogP) is 4.00. The average Bonchev–Trinajstić information content (AvgIpc) is 2.80. The lowest BCUT2D eigenvalue weighted by Crippen LogP contribution is -2.33. The van der Waals surface area contributed by atoms with Crippen molar-refractivity contribution in [3.63, 3.8) is 0 Å². The number of nitrogens with zero attached hydrogens (tertiary/aromatic N) is 1. The summed E-state index contributed by atoms with van der Waals surface area (Å²) in [5.41, 5.74) is 6.94. The molecule has 2 aromatic carbocycles. The van der Waals surface area contributed by atoms with Gasteiger partial charge in [-0.25, -0.2) is 0 Å². The van der Waals surface area contributed by atoms with Gasteiger partial charge in [0.25, 0.3) is 0 Å². The van der Waals surface area contributed by atoms with Crippen molar-refractivity contribution in [2.75, 3.05) is 26.2 Å². The van der Waals surface area contributed by atoms with Crippen LogP contribution in [0.4, 0.5) is 0 Å². The van der Waals surface area contributed by atoms with Crippen LogP contribution in [0, 0.1) is 20.8 Å². The first-order chi connectivity index (χ1) is 11.1. The van der Waals surface area contributed by atoms with Crippen LogP contribution in [0.1, 0.15) is 40.3 Å². The third kappa shape index (κ3) is 3.82. The highest BCUT2D eigenvalue weighted by Gasteiger charge is 2.24. The smallest absolute Gasteiger partial charge is 0.0605 e. The van der Waals surface area contributed by atoms with Gasteiger partial charge in [-0.1, -0.05) is 53.6 Å². The summed E-state index contributed by atoms with van der Waals surface area (Å²) < 4.78 is 0. The van der Waals surface area contributed by atoms with Gasteiger partial charge < -0.3 is 5.32 Å². The zero-order valence-electron chi connectivity index (χ0n) is 14.6. The first-order valence-electron chi connectivity index (χ1n) is 8.73. The number of benzene rings is 2. The highest BCUT2D eigenvalue weighted by atomic mass is 15.2. The van der Waals surface area contributed by atoms with Crippen LogP contribution in [0.5, 0.6) is 0 Å². The number of rotatable bonds is 3. The molecule has 0 bridgehead atoms. The van der Waals surface area contributed by atoms with Gasteiger partial charge in [-0.2, -0.15) is 0 Å². The molecule has 1 aliphatic rings. The van der Waals surface area contributed by atoms with Crippen molar-refractivity contribution in [3.8, 4) is 0 Å². The van der Waals surface area contributed by atoms with Crippen molar-refractivity contribution in [1.29, 1.82) is 0 Å². The minimum Gasteiger partial charge on any atom is -0.315 e. The van der Waals surface area contributed by atoms with Gasteiger partial charge in [-0.3, -0.25) is 4.90 Å². The molecular formula is C21H28N2. The number of hydrogen-bond acceptors (Lipinski definition) is 2. The molecule has 1 atom stereocenters. The zero-order chi connectivity index (χ0) is 16.2. The SMILES string of the molecule is Cc1cccc(C(c2cc(C)ccc2C)N2CCCNCC2)c1. The standard InChI is InChI=1S/C21H28N2/c1-16-6-4-7-19(14-16)21(23-12-5-10-22-11-13-23)20-15-17(2)8-9-18(20)3/h4,6-9,14-15,21-22H,5,10-13H2,1-3H3. The third-order valence-corrected chi connectivity index (χ3v) is 4.83. The van der Waals surface area contributed by atoms with Crippen molar-refractivity contribution in [3.05, 3.63) is 70.3 Å². The molecule has 0 aromatic heterocycles. The molecular weight excluding hydrogens is 280 g/mol. The summed E-state index contributed by atoms with van der Waals surface area (Å²) in [6.07, 6.45) is 1.22. The Morgan fingerprint density at radius 2 is 1.74 bits per heavy atom. The molecule has 0 radical (unpaired) electrons. The molecule has 2 heteroatoms. The maximum absolute atomic E-state index is 3.53. The minimum atomic E-state index is 0.356. The summed E-state index contributed by atoms with van der Waals surface area (Å²) in [7, 11) is 0. The van der Waals surface area contributed by atoms with Crippen LogP contribution in [0.2, 0.25) is 0 Å². The highest BCUT2D eigenvalue weighted by Crippen LogP contribution is 2.32. The number of hydrogen-bond donors (Lipinski definition) is 1. The molecule has 2 aromatic rings. The maximum Gasteiger partial charge on any atom is 0.0605 e. The van der Waals surface area contributed by atoms with Crippen molar-refractivity contribution in [2.45, 2.75) is 33.2 Å². The fourth-order valence-electron chi connectivity index (χ4n) is 3.61. The fourth-order valence-corrected chi connectivity index (χ4v) is 3.61. The minimum absolute atomic E-state index is 0.356. The molecule has 122 valence electrons. The van der Waals surface area contributed by atoms with Crippen LogP contribution in [0.15, 0.2) is 42.5 Å². The van der Waals surface area contributed by atoms with Gasteiger partial charge in [-0.05, 0) is 50.4 Å². The molecule has 0 spiro atoms. The monoisotopic (exact) mass is 308 g/mol. The summed E-state index contributed by atoms with van der Waals surface area (Å²) in [6.45, 7) is 11.1. The molecule has 1 unspecified atom stereocenters. The van der Waals surface area contributed by atoms with E-state index >= 15 is 0 Å². The van der Waals surface area contributed by atoms with Gasteiger partial charge in [0.15, 0.2) is 0 Å². The van der Waals surface area contributed by atoms with E-state index in [-0.39, 0.29) is 0 Å². The van der Waals surface area contributed by atoms with Crippen molar-refractivity contribution < 1.29 is 0 Å². The molecule has 1 N–H and O–H groups in total. The van der Waals surface area contributed by atoms with E-state index in [0.29, 0.717) is 6.04 Å². The molecule has 3 rings (SSSR count). The lowest BCUT2D eigenvalue weighted by Gasteiger charge is -2.32. The van der Waals surface area contributed by atoms with E-state index in [1.165, 1.54) is 34.2 Å². The molecule has 1 aliphatic heterocycles. The summed E-state index contributed by atoms with van der Waals surface area (Å²) in [5, 5.41) is 3.53. The topological polar surface area (TPSA) is 15.3 Å². The molecule has 23 heavy (non-hydrogen) atoms. The van der Waals surface area contributed by atoms with Crippen LogP contribution < -0.4 is 5.32 Å². The predicted molar refractivity (Wildman–Crippen MR) is 98.0 cm³/mol. The van der Waals surface area contributed by atoms with Crippen LogP contribution in [0.25, 0.3) is 0 Å². The van der Waals surface area contributed by atoms with Crippen LogP contribution in [-0.4, -0.2) is 31.1 Å². The van der Waals surface area contributed by atoms with Crippen molar-refractivity contribution in [2.24, 2.45) is 0 Å². The third-order valence-electron chi connectivity index (χ3n) is 4.83. The van der Waals surface area contributed by atoms with Crippen molar-refractivity contribution in [1.82, 2.24) is 10.2 Å². The number of nitrogens with one attached hydrogen (secondary N) is 1. The lowest BCUT2D eigenvalue weighted by atomic mass is 9.91. The van der Waals surface area contributed by atoms with E-state index in [4.69, 9.17) is 0 Å². The molecule has 0 saturated carbocycles. The quantitative estimate of drug-likeness (QED) is 0.922. The normalized spacial score (nSPS) is 17.7. The number of aryl methyl sites for hydroxylation is 3. The Balaban J connectivity index is 2.07. The maximum atomic E-state index is 3.53. The second-order valence-corrected chi connectivity index (χ2v) is 6.82. The molecule has 1 heterocycles. The summed E-state index contributed by atoms with van der Waals surface area (Å²) >= 11 is 0. The van der Waals surface area contributed by atoms with Gasteiger partial charge in [-0.15, -0.1) is 0 Å².